The minimum atomic E-state index is -0.791. The highest BCUT2D eigenvalue weighted by molar-refractivity contribution is 8.16. The molecule has 1 aromatic rings. The molecule has 0 amide bonds. The van der Waals surface area contributed by atoms with Gasteiger partial charge >= 0.3 is 6.16 Å². The fourth-order valence-electron chi connectivity index (χ4n) is 3.69. The van der Waals surface area contributed by atoms with Crippen LogP contribution in [0, 0.1) is 12.8 Å². The van der Waals surface area contributed by atoms with E-state index in [4.69, 9.17) is 32.7 Å². The van der Waals surface area contributed by atoms with E-state index in [2.05, 4.69) is 0 Å². The number of thioether (sulfide) groups is 1. The van der Waals surface area contributed by atoms with Crippen molar-refractivity contribution >= 4 is 51.8 Å². The Balaban J connectivity index is 2.08. The van der Waals surface area contributed by atoms with Gasteiger partial charge in [-0.05, 0) is 43.4 Å². The first-order valence-corrected chi connectivity index (χ1v) is 11.1. The first-order valence-electron chi connectivity index (χ1n) is 9.52. The lowest BCUT2D eigenvalue weighted by atomic mass is 9.84. The van der Waals surface area contributed by atoms with Gasteiger partial charge in [0.2, 0.25) is 5.12 Å². The van der Waals surface area contributed by atoms with Gasteiger partial charge in [0.05, 0.1) is 27.0 Å². The third kappa shape index (κ3) is 4.37. The molecule has 1 aliphatic carbocycles. The first kappa shape index (κ1) is 21.5. The molecule has 2 aliphatic rings. The van der Waals surface area contributed by atoms with Crippen molar-refractivity contribution in [1.29, 1.82) is 0 Å². The van der Waals surface area contributed by atoms with Crippen LogP contribution in [0.3, 0.4) is 0 Å². The molecule has 1 aliphatic heterocycles. The van der Waals surface area contributed by atoms with Crippen LogP contribution in [0.1, 0.15) is 57.1 Å². The molecule has 0 N–H and O–H groups in total. The van der Waals surface area contributed by atoms with Gasteiger partial charge < -0.3 is 9.47 Å². The van der Waals surface area contributed by atoms with Gasteiger partial charge in [-0.25, -0.2) is 4.79 Å². The Hall–Kier alpha value is -1.17. The summed E-state index contributed by atoms with van der Waals surface area (Å²) in [5, 5.41) is 0.582. The Kier molecular flexibility index (Phi) is 6.68. The van der Waals surface area contributed by atoms with Crippen LogP contribution < -0.4 is 0 Å². The van der Waals surface area contributed by atoms with Crippen LogP contribution in [0.2, 0.25) is 10.0 Å². The van der Waals surface area contributed by atoms with Gasteiger partial charge in [-0.3, -0.25) is 4.79 Å². The molecule has 0 bridgehead atoms. The SMILES string of the molecule is Cc1cc(Cl)c(C2=C(OC(=O)OCC(C)C)C3(CCCCC3)SC2=O)c(Cl)c1. The van der Waals surface area contributed by atoms with Crippen LogP contribution in [0.5, 0.6) is 0 Å². The molecule has 1 heterocycles. The lowest BCUT2D eigenvalue weighted by Crippen LogP contribution is -2.31. The average Bonchev–Trinajstić information content (AvgIpc) is 2.85. The molecular formula is C21H24Cl2O4S. The average molecular weight is 443 g/mol. The molecule has 1 fully saturated rings. The highest BCUT2D eigenvalue weighted by atomic mass is 35.5. The third-order valence-corrected chi connectivity index (χ3v) is 6.92. The summed E-state index contributed by atoms with van der Waals surface area (Å²) in [4.78, 5) is 25.4. The number of rotatable bonds is 4. The fourth-order valence-corrected chi connectivity index (χ4v) is 5.86. The number of hydrogen-bond donors (Lipinski definition) is 0. The quantitative estimate of drug-likeness (QED) is 0.479. The smallest absolute Gasteiger partial charge is 0.434 e. The first-order chi connectivity index (χ1) is 13.2. The van der Waals surface area contributed by atoms with Gasteiger partial charge in [-0.2, -0.15) is 0 Å². The summed E-state index contributed by atoms with van der Waals surface area (Å²) in [6.45, 7) is 6.02. The van der Waals surface area contributed by atoms with E-state index in [-0.39, 0.29) is 17.6 Å². The number of halogens is 2. The van der Waals surface area contributed by atoms with Crippen molar-refractivity contribution in [3.05, 3.63) is 39.1 Å². The lowest BCUT2D eigenvalue weighted by molar-refractivity contribution is -0.106. The van der Waals surface area contributed by atoms with Crippen LogP contribution in [0.25, 0.3) is 5.57 Å². The number of carbonyl (C=O) groups excluding carboxylic acids is 2. The van der Waals surface area contributed by atoms with E-state index in [1.54, 1.807) is 12.1 Å². The number of hydrogen-bond acceptors (Lipinski definition) is 5. The van der Waals surface area contributed by atoms with Crippen LogP contribution in [0.4, 0.5) is 4.79 Å². The van der Waals surface area contributed by atoms with Crippen molar-refractivity contribution in [2.24, 2.45) is 5.92 Å². The van der Waals surface area contributed by atoms with Crippen molar-refractivity contribution in [2.75, 3.05) is 6.61 Å². The van der Waals surface area contributed by atoms with Gasteiger partial charge in [0.1, 0.15) is 5.76 Å². The second-order valence-corrected chi connectivity index (χ2v) is 9.98. The maximum Gasteiger partial charge on any atom is 0.513 e. The standard InChI is InChI=1S/C21H24Cl2O4S/c1-12(2)11-26-20(25)27-18-17(16-14(22)9-13(3)10-15(16)23)19(24)28-21(18)7-5-4-6-8-21/h9-10,12H,4-8,11H2,1-3H3. The summed E-state index contributed by atoms with van der Waals surface area (Å²) in [6, 6.07) is 3.52. The number of aryl methyl sites for hydroxylation is 1. The van der Waals surface area contributed by atoms with Crippen LogP contribution in [-0.4, -0.2) is 22.6 Å². The van der Waals surface area contributed by atoms with Crippen molar-refractivity contribution in [3.8, 4) is 0 Å². The molecule has 4 nitrogen and oxygen atoms in total. The topological polar surface area (TPSA) is 52.6 Å². The van der Waals surface area contributed by atoms with E-state index >= 15 is 0 Å². The normalized spacial score (nSPS) is 18.9. The summed E-state index contributed by atoms with van der Waals surface area (Å²) in [5.74, 6) is 0.536. The zero-order valence-electron chi connectivity index (χ0n) is 16.3. The number of carbonyl (C=O) groups is 2. The largest absolute Gasteiger partial charge is 0.513 e. The molecule has 0 atom stereocenters. The molecule has 1 aromatic carbocycles. The molecule has 1 saturated carbocycles. The molecule has 0 aromatic heterocycles. The van der Waals surface area contributed by atoms with E-state index in [1.165, 1.54) is 11.8 Å². The Morgan fingerprint density at radius 3 is 2.36 bits per heavy atom. The predicted molar refractivity (Wildman–Crippen MR) is 114 cm³/mol. The zero-order valence-corrected chi connectivity index (χ0v) is 18.6. The van der Waals surface area contributed by atoms with E-state index in [1.807, 2.05) is 20.8 Å². The molecule has 3 rings (SSSR count). The molecule has 0 unspecified atom stereocenters. The molecule has 0 radical (unpaired) electrons. The predicted octanol–water partition coefficient (Wildman–Crippen LogP) is 6.80. The minimum absolute atomic E-state index is 0.166. The Labute approximate surface area is 179 Å². The summed E-state index contributed by atoms with van der Waals surface area (Å²) in [5.41, 5.74) is 1.62. The van der Waals surface area contributed by atoms with E-state index in [0.29, 0.717) is 26.9 Å². The van der Waals surface area contributed by atoms with Crippen molar-refractivity contribution in [2.45, 2.75) is 57.6 Å². The minimum Gasteiger partial charge on any atom is -0.434 e. The van der Waals surface area contributed by atoms with E-state index in [9.17, 15) is 9.59 Å². The maximum atomic E-state index is 13.1. The summed E-state index contributed by atoms with van der Waals surface area (Å²) < 4.78 is 10.4. The highest BCUT2D eigenvalue weighted by Gasteiger charge is 2.50. The second-order valence-electron chi connectivity index (χ2n) is 7.81. The number of ether oxygens (including phenoxy) is 2. The second kappa shape index (κ2) is 8.68. The van der Waals surface area contributed by atoms with Crippen molar-refractivity contribution in [3.63, 3.8) is 0 Å². The summed E-state index contributed by atoms with van der Waals surface area (Å²) in [6.07, 6.45) is 3.78. The van der Waals surface area contributed by atoms with Gasteiger partial charge in [-0.1, -0.05) is 68.1 Å². The van der Waals surface area contributed by atoms with Crippen LogP contribution >= 0.6 is 35.0 Å². The van der Waals surface area contributed by atoms with Crippen molar-refractivity contribution in [1.82, 2.24) is 0 Å². The molecule has 152 valence electrons. The van der Waals surface area contributed by atoms with Gasteiger partial charge in [0.15, 0.2) is 0 Å². The van der Waals surface area contributed by atoms with Crippen molar-refractivity contribution < 1.29 is 19.1 Å². The Bertz CT molecular complexity index is 803. The molecule has 0 saturated heterocycles. The Morgan fingerprint density at radius 1 is 1.18 bits per heavy atom. The van der Waals surface area contributed by atoms with Gasteiger partial charge in [0.25, 0.3) is 0 Å². The molecule has 7 heteroatoms. The molecular weight excluding hydrogens is 419 g/mol. The van der Waals surface area contributed by atoms with E-state index in [0.717, 1.165) is 37.7 Å². The summed E-state index contributed by atoms with van der Waals surface area (Å²) >= 11 is 14.1. The highest BCUT2D eigenvalue weighted by Crippen LogP contribution is 2.56. The summed E-state index contributed by atoms with van der Waals surface area (Å²) in [7, 11) is 0. The third-order valence-electron chi connectivity index (χ3n) is 4.95. The zero-order chi connectivity index (χ0) is 20.5. The maximum absolute atomic E-state index is 13.1. The molecule has 28 heavy (non-hydrogen) atoms. The molecule has 1 spiro atoms. The number of benzene rings is 1. The van der Waals surface area contributed by atoms with E-state index < -0.39 is 10.9 Å². The fraction of sp³-hybridized carbons (Fsp3) is 0.524. The van der Waals surface area contributed by atoms with Crippen LogP contribution in [0.15, 0.2) is 17.9 Å². The van der Waals surface area contributed by atoms with Gasteiger partial charge in [-0.15, -0.1) is 0 Å². The lowest BCUT2D eigenvalue weighted by Gasteiger charge is -2.33. The Morgan fingerprint density at radius 2 is 1.79 bits per heavy atom. The van der Waals surface area contributed by atoms with Crippen LogP contribution in [-0.2, 0) is 14.3 Å². The monoisotopic (exact) mass is 442 g/mol. The van der Waals surface area contributed by atoms with Gasteiger partial charge in [0, 0.05) is 5.56 Å².